The lowest BCUT2D eigenvalue weighted by molar-refractivity contribution is -0.132. The van der Waals surface area contributed by atoms with Gasteiger partial charge in [-0.2, -0.15) is 16.3 Å². The molecular weight excluding hydrogens is 330 g/mol. The molecule has 0 unspecified atom stereocenters. The summed E-state index contributed by atoms with van der Waals surface area (Å²) in [5, 5.41) is 5.01. The summed E-state index contributed by atoms with van der Waals surface area (Å²) in [5.74, 6) is 0.735. The summed E-state index contributed by atoms with van der Waals surface area (Å²) >= 11 is 3.14. The molecule has 6 heteroatoms. The predicted octanol–water partition coefficient (Wildman–Crippen LogP) is 5.21. The molecule has 0 spiro atoms. The first kappa shape index (κ1) is 14.2. The second kappa shape index (κ2) is 5.64. The summed E-state index contributed by atoms with van der Waals surface area (Å²) in [6, 6.07) is 12.0. The van der Waals surface area contributed by atoms with E-state index in [1.54, 1.807) is 22.7 Å². The molecule has 0 saturated heterocycles. The van der Waals surface area contributed by atoms with Crippen LogP contribution in [0.5, 0.6) is 5.88 Å². The number of ether oxygens (including phenoxy) is 1. The van der Waals surface area contributed by atoms with Crippen LogP contribution in [0, 0.1) is 0 Å². The largest absolute Gasteiger partial charge is 0.431 e. The Hall–Kier alpha value is -2.44. The maximum Gasteiger partial charge on any atom is 0.309 e. The van der Waals surface area contributed by atoms with Crippen molar-refractivity contribution in [1.29, 1.82) is 0 Å². The number of nitrogens with zero attached hydrogens (tertiary/aromatic N) is 1. The Morgan fingerprint density at radius 1 is 1.26 bits per heavy atom. The van der Waals surface area contributed by atoms with Crippen molar-refractivity contribution >= 4 is 38.7 Å². The minimum atomic E-state index is -0.419. The fourth-order valence-corrected chi connectivity index (χ4v) is 3.91. The first-order valence-corrected chi connectivity index (χ1v) is 8.67. The van der Waals surface area contributed by atoms with Gasteiger partial charge in [0, 0.05) is 22.6 Å². The number of fused-ring (bicyclic) bond motifs is 1. The number of hydrogen-bond acceptors (Lipinski definition) is 6. The molecular formula is C17H11NO3S2. The van der Waals surface area contributed by atoms with Crippen molar-refractivity contribution in [2.24, 2.45) is 0 Å². The van der Waals surface area contributed by atoms with E-state index < -0.39 is 5.97 Å². The lowest BCUT2D eigenvalue weighted by Crippen LogP contribution is -2.02. The lowest BCUT2D eigenvalue weighted by Gasteiger charge is -1.96. The Balaban J connectivity index is 1.84. The minimum absolute atomic E-state index is 0.211. The zero-order chi connectivity index (χ0) is 15.8. The summed E-state index contributed by atoms with van der Waals surface area (Å²) in [5.41, 5.74) is 0.853. The summed E-state index contributed by atoms with van der Waals surface area (Å²) in [4.78, 5) is 16.6. The van der Waals surface area contributed by atoms with Crippen molar-refractivity contribution in [3.05, 3.63) is 47.2 Å². The van der Waals surface area contributed by atoms with Gasteiger partial charge in [-0.1, -0.05) is 18.2 Å². The predicted molar refractivity (Wildman–Crippen MR) is 91.9 cm³/mol. The number of benzene rings is 1. The van der Waals surface area contributed by atoms with Gasteiger partial charge in [0.25, 0.3) is 5.88 Å². The molecule has 0 bridgehead atoms. The van der Waals surface area contributed by atoms with Crippen LogP contribution in [0.4, 0.5) is 0 Å². The first-order chi connectivity index (χ1) is 11.2. The fraction of sp³-hybridized carbons (Fsp3) is 0.0588. The Kier molecular flexibility index (Phi) is 3.48. The van der Waals surface area contributed by atoms with Gasteiger partial charge in [0.05, 0.1) is 4.88 Å². The summed E-state index contributed by atoms with van der Waals surface area (Å²) in [6.07, 6.45) is 0. The topological polar surface area (TPSA) is 52.3 Å². The van der Waals surface area contributed by atoms with E-state index in [0.29, 0.717) is 11.7 Å². The van der Waals surface area contributed by atoms with E-state index >= 15 is 0 Å². The number of aromatic nitrogens is 1. The Bertz CT molecular complexity index is 950. The fourth-order valence-electron chi connectivity index (χ4n) is 2.28. The van der Waals surface area contributed by atoms with E-state index in [0.717, 1.165) is 20.5 Å². The zero-order valence-corrected chi connectivity index (χ0v) is 13.7. The summed E-state index contributed by atoms with van der Waals surface area (Å²) < 4.78 is 12.3. The van der Waals surface area contributed by atoms with Crippen molar-refractivity contribution in [3.63, 3.8) is 0 Å². The number of thiophene rings is 2. The van der Waals surface area contributed by atoms with Gasteiger partial charge in [-0.05, 0) is 29.0 Å². The number of carbonyl (C=O) groups is 1. The molecule has 0 amide bonds. The van der Waals surface area contributed by atoms with Gasteiger partial charge in [0.15, 0.2) is 5.76 Å². The number of rotatable bonds is 3. The van der Waals surface area contributed by atoms with Gasteiger partial charge in [0.2, 0.25) is 5.89 Å². The molecule has 0 fully saturated rings. The van der Waals surface area contributed by atoms with Gasteiger partial charge in [0.1, 0.15) is 0 Å². The van der Waals surface area contributed by atoms with Crippen LogP contribution in [0.15, 0.2) is 51.6 Å². The molecule has 4 rings (SSSR count). The molecule has 0 atom stereocenters. The van der Waals surface area contributed by atoms with Crippen LogP contribution in [0.2, 0.25) is 0 Å². The SMILES string of the molecule is CC(=O)Oc1nc(-c2cc3ccccc3s2)oc1-c1ccsc1. The molecule has 4 aromatic rings. The van der Waals surface area contributed by atoms with E-state index in [9.17, 15) is 4.79 Å². The third-order valence-electron chi connectivity index (χ3n) is 3.26. The molecule has 0 N–H and O–H groups in total. The quantitative estimate of drug-likeness (QED) is 0.480. The highest BCUT2D eigenvalue weighted by atomic mass is 32.1. The Morgan fingerprint density at radius 2 is 2.13 bits per heavy atom. The third kappa shape index (κ3) is 2.67. The highest BCUT2D eigenvalue weighted by Gasteiger charge is 2.20. The molecule has 0 radical (unpaired) electrons. The van der Waals surface area contributed by atoms with E-state index in [1.165, 1.54) is 6.92 Å². The van der Waals surface area contributed by atoms with Crippen LogP contribution in [-0.4, -0.2) is 11.0 Å². The maximum atomic E-state index is 11.3. The molecule has 1 aromatic carbocycles. The van der Waals surface area contributed by atoms with Gasteiger partial charge in [-0.25, -0.2) is 0 Å². The number of oxazole rings is 1. The first-order valence-electron chi connectivity index (χ1n) is 6.91. The van der Waals surface area contributed by atoms with Crippen LogP contribution in [-0.2, 0) is 4.79 Å². The van der Waals surface area contributed by atoms with Crippen LogP contribution < -0.4 is 4.74 Å². The van der Waals surface area contributed by atoms with Crippen molar-refractivity contribution < 1.29 is 13.9 Å². The van der Waals surface area contributed by atoms with E-state index in [2.05, 4.69) is 11.1 Å². The smallest absolute Gasteiger partial charge is 0.309 e. The molecule has 3 heterocycles. The van der Waals surface area contributed by atoms with Gasteiger partial charge in [-0.3, -0.25) is 4.79 Å². The second-order valence-electron chi connectivity index (χ2n) is 4.91. The van der Waals surface area contributed by atoms with Gasteiger partial charge < -0.3 is 9.15 Å². The molecule has 23 heavy (non-hydrogen) atoms. The van der Waals surface area contributed by atoms with Crippen LogP contribution in [0.25, 0.3) is 32.2 Å². The highest BCUT2D eigenvalue weighted by molar-refractivity contribution is 7.22. The van der Waals surface area contributed by atoms with Crippen LogP contribution in [0.3, 0.4) is 0 Å². The second-order valence-corrected chi connectivity index (χ2v) is 6.77. The molecule has 0 aliphatic rings. The summed E-state index contributed by atoms with van der Waals surface area (Å²) in [6.45, 7) is 1.35. The molecule has 0 aliphatic heterocycles. The minimum Gasteiger partial charge on any atom is -0.431 e. The number of esters is 1. The molecule has 4 nitrogen and oxygen atoms in total. The third-order valence-corrected chi connectivity index (χ3v) is 5.04. The van der Waals surface area contributed by atoms with Gasteiger partial charge >= 0.3 is 5.97 Å². The van der Waals surface area contributed by atoms with Crippen molar-refractivity contribution in [1.82, 2.24) is 4.98 Å². The lowest BCUT2D eigenvalue weighted by atomic mass is 10.2. The van der Waals surface area contributed by atoms with Crippen LogP contribution in [0.1, 0.15) is 6.92 Å². The van der Waals surface area contributed by atoms with E-state index in [-0.39, 0.29) is 5.88 Å². The Morgan fingerprint density at radius 3 is 2.87 bits per heavy atom. The maximum absolute atomic E-state index is 11.3. The van der Waals surface area contributed by atoms with Crippen molar-refractivity contribution in [2.45, 2.75) is 6.92 Å². The molecule has 0 aliphatic carbocycles. The molecule has 0 saturated carbocycles. The van der Waals surface area contributed by atoms with Gasteiger partial charge in [-0.15, -0.1) is 11.3 Å². The van der Waals surface area contributed by atoms with E-state index in [1.807, 2.05) is 41.1 Å². The summed E-state index contributed by atoms with van der Waals surface area (Å²) in [7, 11) is 0. The zero-order valence-electron chi connectivity index (χ0n) is 12.1. The highest BCUT2D eigenvalue weighted by Crippen LogP contribution is 2.39. The van der Waals surface area contributed by atoms with Crippen molar-refractivity contribution in [3.8, 4) is 28.0 Å². The standard InChI is InChI=1S/C17H11NO3S2/c1-10(19)20-17-15(12-6-7-22-9-12)21-16(18-17)14-8-11-4-2-3-5-13(11)23-14/h2-9H,1H3. The monoisotopic (exact) mass is 341 g/mol. The average Bonchev–Trinajstić information content (AvgIpc) is 3.25. The van der Waals surface area contributed by atoms with E-state index in [4.69, 9.17) is 9.15 Å². The molecule has 3 aromatic heterocycles. The average molecular weight is 341 g/mol. The molecule has 114 valence electrons. The Labute approximate surface area is 140 Å². The van der Waals surface area contributed by atoms with Crippen molar-refractivity contribution in [2.75, 3.05) is 0 Å². The number of carbonyl (C=O) groups excluding carboxylic acids is 1. The number of hydrogen-bond donors (Lipinski definition) is 0. The van der Waals surface area contributed by atoms with Crippen LogP contribution >= 0.6 is 22.7 Å². The normalized spacial score (nSPS) is 11.0.